The number of nitrogens with one attached hydrogen (secondary N) is 4. The fourth-order valence-corrected chi connectivity index (χ4v) is 0.829. The van der Waals surface area contributed by atoms with Gasteiger partial charge in [-0.05, 0) is 0 Å². The van der Waals surface area contributed by atoms with Crippen LogP contribution in [0.5, 0.6) is 0 Å². The van der Waals surface area contributed by atoms with Gasteiger partial charge in [0.15, 0.2) is 0 Å². The third-order valence-corrected chi connectivity index (χ3v) is 1.39. The van der Waals surface area contributed by atoms with E-state index in [4.69, 9.17) is 0 Å². The SMILES string of the molecule is O.O=C1NCCN1.O=C1NCCN1. The third-order valence-electron chi connectivity index (χ3n) is 1.39. The molecule has 6 N–H and O–H groups in total. The Morgan fingerprint density at radius 1 is 0.692 bits per heavy atom. The molecule has 0 aromatic carbocycles. The number of amides is 4. The van der Waals surface area contributed by atoms with E-state index in [9.17, 15) is 9.59 Å². The van der Waals surface area contributed by atoms with Crippen molar-refractivity contribution in [1.82, 2.24) is 21.3 Å². The molecule has 0 aromatic rings. The number of hydrogen-bond donors (Lipinski definition) is 4. The largest absolute Gasteiger partial charge is 0.412 e. The van der Waals surface area contributed by atoms with Gasteiger partial charge in [0.2, 0.25) is 0 Å². The Labute approximate surface area is 75.6 Å². The lowest BCUT2D eigenvalue weighted by molar-refractivity contribution is 0.247. The van der Waals surface area contributed by atoms with E-state index in [-0.39, 0.29) is 17.5 Å². The van der Waals surface area contributed by atoms with Gasteiger partial charge in [-0.15, -0.1) is 0 Å². The smallest absolute Gasteiger partial charge is 0.314 e. The third kappa shape index (κ3) is 4.86. The maximum Gasteiger partial charge on any atom is 0.314 e. The van der Waals surface area contributed by atoms with Gasteiger partial charge in [0.1, 0.15) is 0 Å². The Balaban J connectivity index is 0.000000206. The van der Waals surface area contributed by atoms with E-state index >= 15 is 0 Å². The predicted molar refractivity (Wildman–Crippen MR) is 46.4 cm³/mol. The molecule has 0 aromatic heterocycles. The Kier molecular flexibility index (Phi) is 5.37. The van der Waals surface area contributed by atoms with Crippen LogP contribution in [0, 0.1) is 0 Å². The van der Waals surface area contributed by atoms with Crippen LogP contribution in [-0.4, -0.2) is 43.7 Å². The molecular formula is C6H14N4O3. The summed E-state index contributed by atoms with van der Waals surface area (Å²) in [5.41, 5.74) is 0. The van der Waals surface area contributed by atoms with Gasteiger partial charge in [0.05, 0.1) is 0 Å². The summed E-state index contributed by atoms with van der Waals surface area (Å²) >= 11 is 0. The highest BCUT2D eigenvalue weighted by Gasteiger charge is 2.03. The van der Waals surface area contributed by atoms with Crippen LogP contribution in [0.15, 0.2) is 0 Å². The lowest BCUT2D eigenvalue weighted by atomic mass is 10.7. The van der Waals surface area contributed by atoms with Crippen molar-refractivity contribution >= 4 is 12.1 Å². The minimum atomic E-state index is -0.0463. The monoisotopic (exact) mass is 190 g/mol. The molecule has 13 heavy (non-hydrogen) atoms. The van der Waals surface area contributed by atoms with E-state index in [1.54, 1.807) is 0 Å². The highest BCUT2D eigenvalue weighted by atomic mass is 16.2. The summed E-state index contributed by atoms with van der Waals surface area (Å²) < 4.78 is 0. The fourth-order valence-electron chi connectivity index (χ4n) is 0.829. The molecule has 0 spiro atoms. The quantitative estimate of drug-likeness (QED) is 0.346. The zero-order valence-electron chi connectivity index (χ0n) is 7.14. The number of rotatable bonds is 0. The lowest BCUT2D eigenvalue weighted by Gasteiger charge is -1.80. The number of carbonyl (C=O) groups excluding carboxylic acids is 2. The molecule has 7 nitrogen and oxygen atoms in total. The molecule has 0 atom stereocenters. The van der Waals surface area contributed by atoms with E-state index in [0.717, 1.165) is 26.2 Å². The van der Waals surface area contributed by atoms with Gasteiger partial charge in [0, 0.05) is 26.2 Å². The van der Waals surface area contributed by atoms with Crippen LogP contribution < -0.4 is 21.3 Å². The number of hydrogen-bond acceptors (Lipinski definition) is 2. The molecule has 4 amide bonds. The molecule has 0 saturated carbocycles. The average Bonchev–Trinajstić information content (AvgIpc) is 2.63. The topological polar surface area (TPSA) is 114 Å². The molecule has 2 aliphatic heterocycles. The van der Waals surface area contributed by atoms with Crippen LogP contribution in [0.2, 0.25) is 0 Å². The van der Waals surface area contributed by atoms with E-state index < -0.39 is 0 Å². The first kappa shape index (κ1) is 11.5. The maximum absolute atomic E-state index is 10.0. The second kappa shape index (κ2) is 6.06. The van der Waals surface area contributed by atoms with Crippen LogP contribution >= 0.6 is 0 Å². The van der Waals surface area contributed by atoms with Crippen molar-refractivity contribution in [2.24, 2.45) is 0 Å². The van der Waals surface area contributed by atoms with Crippen LogP contribution in [0.4, 0.5) is 9.59 Å². The van der Waals surface area contributed by atoms with E-state index in [1.807, 2.05) is 0 Å². The van der Waals surface area contributed by atoms with Crippen molar-refractivity contribution in [3.63, 3.8) is 0 Å². The van der Waals surface area contributed by atoms with Crippen molar-refractivity contribution in [2.45, 2.75) is 0 Å². The summed E-state index contributed by atoms with van der Waals surface area (Å²) in [6.45, 7) is 3.11. The summed E-state index contributed by atoms with van der Waals surface area (Å²) in [4.78, 5) is 20.0. The highest BCUT2D eigenvalue weighted by Crippen LogP contribution is 1.70. The molecule has 2 rings (SSSR count). The van der Waals surface area contributed by atoms with Crippen molar-refractivity contribution in [3.05, 3.63) is 0 Å². The fraction of sp³-hybridized carbons (Fsp3) is 0.667. The van der Waals surface area contributed by atoms with Crippen molar-refractivity contribution in [3.8, 4) is 0 Å². The molecule has 0 unspecified atom stereocenters. The summed E-state index contributed by atoms with van der Waals surface area (Å²) in [5.74, 6) is 0. The van der Waals surface area contributed by atoms with Gasteiger partial charge in [0.25, 0.3) is 0 Å². The van der Waals surface area contributed by atoms with Gasteiger partial charge >= 0.3 is 12.1 Å². The standard InChI is InChI=1S/2C3H6N2O.H2O/c2*6-3-4-1-2-5-3;/h2*1-2H2,(H2,4,5,6);1H2. The Hall–Kier alpha value is -1.50. The second-order valence-electron chi connectivity index (χ2n) is 2.37. The number of urea groups is 2. The van der Waals surface area contributed by atoms with Crippen LogP contribution in [-0.2, 0) is 0 Å². The minimum absolute atomic E-state index is 0. The summed E-state index contributed by atoms with van der Waals surface area (Å²) in [5, 5.41) is 10.3. The zero-order valence-corrected chi connectivity index (χ0v) is 7.14. The van der Waals surface area contributed by atoms with Gasteiger partial charge < -0.3 is 26.7 Å². The first-order valence-electron chi connectivity index (χ1n) is 3.82. The minimum Gasteiger partial charge on any atom is -0.412 e. The molecule has 0 aliphatic carbocycles. The molecule has 2 fully saturated rings. The van der Waals surface area contributed by atoms with Gasteiger partial charge in [-0.2, -0.15) is 0 Å². The Bertz CT molecular complexity index is 149. The van der Waals surface area contributed by atoms with Gasteiger partial charge in [-0.1, -0.05) is 0 Å². The van der Waals surface area contributed by atoms with Crippen LogP contribution in [0.25, 0.3) is 0 Å². The molecule has 2 saturated heterocycles. The maximum atomic E-state index is 10.0. The zero-order chi connectivity index (χ0) is 8.81. The van der Waals surface area contributed by atoms with E-state index in [1.165, 1.54) is 0 Å². The van der Waals surface area contributed by atoms with Crippen molar-refractivity contribution in [2.75, 3.05) is 26.2 Å². The Morgan fingerprint density at radius 3 is 1.00 bits per heavy atom. The molecule has 0 radical (unpaired) electrons. The lowest BCUT2D eigenvalue weighted by Crippen LogP contribution is -2.20. The second-order valence-corrected chi connectivity index (χ2v) is 2.37. The molecule has 2 heterocycles. The van der Waals surface area contributed by atoms with Crippen LogP contribution in [0.1, 0.15) is 0 Å². The highest BCUT2D eigenvalue weighted by molar-refractivity contribution is 5.75. The van der Waals surface area contributed by atoms with Crippen molar-refractivity contribution < 1.29 is 15.1 Å². The molecule has 7 heteroatoms. The molecule has 76 valence electrons. The molecule has 0 bridgehead atoms. The first-order valence-corrected chi connectivity index (χ1v) is 3.82. The average molecular weight is 190 g/mol. The predicted octanol–water partition coefficient (Wildman–Crippen LogP) is -2.23. The Morgan fingerprint density at radius 2 is 0.923 bits per heavy atom. The van der Waals surface area contributed by atoms with Crippen LogP contribution in [0.3, 0.4) is 0 Å². The van der Waals surface area contributed by atoms with E-state index in [0.29, 0.717) is 0 Å². The summed E-state index contributed by atoms with van der Waals surface area (Å²) in [7, 11) is 0. The first-order chi connectivity index (χ1) is 5.79. The number of carbonyl (C=O) groups is 2. The summed E-state index contributed by atoms with van der Waals surface area (Å²) in [6, 6.07) is -0.0926. The van der Waals surface area contributed by atoms with Crippen molar-refractivity contribution in [1.29, 1.82) is 0 Å². The van der Waals surface area contributed by atoms with Gasteiger partial charge in [-0.25, -0.2) is 9.59 Å². The summed E-state index contributed by atoms with van der Waals surface area (Å²) in [6.07, 6.45) is 0. The molecule has 2 aliphatic rings. The molecular weight excluding hydrogens is 176 g/mol. The van der Waals surface area contributed by atoms with E-state index in [2.05, 4.69) is 21.3 Å². The van der Waals surface area contributed by atoms with Gasteiger partial charge in [-0.3, -0.25) is 0 Å². The normalized spacial score (nSPS) is 18.2.